The lowest BCUT2D eigenvalue weighted by atomic mass is 9.90. The van der Waals surface area contributed by atoms with Crippen LogP contribution in [0.2, 0.25) is 0 Å². The first-order valence-electron chi connectivity index (χ1n) is 5.31. The summed E-state index contributed by atoms with van der Waals surface area (Å²) < 4.78 is 1.23. The predicted octanol–water partition coefficient (Wildman–Crippen LogP) is 2.20. The van der Waals surface area contributed by atoms with Crippen molar-refractivity contribution >= 4 is 15.9 Å². The van der Waals surface area contributed by atoms with Crippen LogP contribution in [-0.4, -0.2) is 32.1 Å². The van der Waals surface area contributed by atoms with E-state index in [1.165, 1.54) is 15.6 Å². The molecule has 1 unspecified atom stereocenters. The van der Waals surface area contributed by atoms with Crippen molar-refractivity contribution in [2.75, 3.05) is 27.2 Å². The summed E-state index contributed by atoms with van der Waals surface area (Å²) in [6, 6.07) is 6.52. The third kappa shape index (κ3) is 2.41. The van der Waals surface area contributed by atoms with Crippen LogP contribution in [0.3, 0.4) is 0 Å². The summed E-state index contributed by atoms with van der Waals surface area (Å²) in [5.74, 6) is 0.612. The fourth-order valence-corrected chi connectivity index (χ4v) is 2.75. The van der Waals surface area contributed by atoms with Gasteiger partial charge in [-0.1, -0.05) is 28.1 Å². The first-order valence-corrected chi connectivity index (χ1v) is 6.10. The number of rotatable bonds is 2. The number of nitrogens with zero attached hydrogens (tertiary/aromatic N) is 1. The summed E-state index contributed by atoms with van der Waals surface area (Å²) in [6.07, 6.45) is 0. The van der Waals surface area contributed by atoms with Gasteiger partial charge in [0, 0.05) is 30.0 Å². The Morgan fingerprint density at radius 2 is 2.27 bits per heavy atom. The molecule has 2 nitrogen and oxygen atoms in total. The van der Waals surface area contributed by atoms with Gasteiger partial charge in [0.15, 0.2) is 0 Å². The van der Waals surface area contributed by atoms with E-state index in [1.54, 1.807) is 0 Å². The topological polar surface area (TPSA) is 15.3 Å². The molecule has 0 radical (unpaired) electrons. The fourth-order valence-electron chi connectivity index (χ4n) is 2.23. The maximum absolute atomic E-state index is 3.62. The molecule has 1 heterocycles. The Hall–Kier alpha value is -0.380. The van der Waals surface area contributed by atoms with Crippen molar-refractivity contribution in [3.8, 4) is 0 Å². The number of benzene rings is 1. The molecule has 0 aliphatic carbocycles. The highest BCUT2D eigenvalue weighted by Gasteiger charge is 2.21. The van der Waals surface area contributed by atoms with Crippen LogP contribution in [0, 0.1) is 0 Å². The van der Waals surface area contributed by atoms with Gasteiger partial charge in [-0.15, -0.1) is 0 Å². The minimum Gasteiger partial charge on any atom is -0.312 e. The van der Waals surface area contributed by atoms with Gasteiger partial charge in [0.05, 0.1) is 0 Å². The van der Waals surface area contributed by atoms with E-state index in [9.17, 15) is 0 Å². The van der Waals surface area contributed by atoms with Gasteiger partial charge < -0.3 is 10.2 Å². The van der Waals surface area contributed by atoms with Gasteiger partial charge in [-0.25, -0.2) is 0 Å². The quantitative estimate of drug-likeness (QED) is 0.885. The van der Waals surface area contributed by atoms with E-state index >= 15 is 0 Å². The summed E-state index contributed by atoms with van der Waals surface area (Å²) in [5, 5.41) is 3.48. The summed E-state index contributed by atoms with van der Waals surface area (Å²) in [4.78, 5) is 2.25. The summed E-state index contributed by atoms with van der Waals surface area (Å²) in [7, 11) is 4.26. The van der Waals surface area contributed by atoms with Gasteiger partial charge in [0.25, 0.3) is 0 Å². The Balaban J connectivity index is 2.30. The SMILES string of the molecule is CN(C)CC1CNCc2c(Br)cccc21. The molecule has 0 saturated heterocycles. The third-order valence-electron chi connectivity index (χ3n) is 2.87. The zero-order valence-corrected chi connectivity index (χ0v) is 10.8. The van der Waals surface area contributed by atoms with Crippen molar-refractivity contribution in [2.45, 2.75) is 12.5 Å². The highest BCUT2D eigenvalue weighted by molar-refractivity contribution is 9.10. The molecule has 2 rings (SSSR count). The molecule has 0 saturated carbocycles. The van der Waals surface area contributed by atoms with Crippen LogP contribution in [0.25, 0.3) is 0 Å². The Morgan fingerprint density at radius 1 is 1.47 bits per heavy atom. The fraction of sp³-hybridized carbons (Fsp3) is 0.500. The van der Waals surface area contributed by atoms with E-state index in [0.29, 0.717) is 5.92 Å². The molecule has 0 aromatic heterocycles. The van der Waals surface area contributed by atoms with Crippen molar-refractivity contribution in [1.29, 1.82) is 0 Å². The lowest BCUT2D eigenvalue weighted by molar-refractivity contribution is 0.355. The van der Waals surface area contributed by atoms with Crippen molar-refractivity contribution < 1.29 is 0 Å². The molecule has 0 bridgehead atoms. The van der Waals surface area contributed by atoms with E-state index in [4.69, 9.17) is 0 Å². The number of halogens is 1. The average molecular weight is 269 g/mol. The molecular weight excluding hydrogens is 252 g/mol. The Morgan fingerprint density at radius 3 is 3.00 bits per heavy atom. The molecule has 15 heavy (non-hydrogen) atoms. The molecule has 82 valence electrons. The minimum absolute atomic E-state index is 0.612. The minimum atomic E-state index is 0.612. The van der Waals surface area contributed by atoms with E-state index in [1.807, 2.05) is 0 Å². The number of likely N-dealkylation sites (N-methyl/N-ethyl adjacent to an activating group) is 1. The lowest BCUT2D eigenvalue weighted by Gasteiger charge is -2.29. The number of nitrogens with one attached hydrogen (secondary N) is 1. The maximum Gasteiger partial charge on any atom is 0.0223 e. The van der Waals surface area contributed by atoms with Crippen LogP contribution >= 0.6 is 15.9 Å². The molecular formula is C12H17BrN2. The van der Waals surface area contributed by atoms with Gasteiger partial charge in [0.1, 0.15) is 0 Å². The number of hydrogen-bond donors (Lipinski definition) is 1. The summed E-state index contributed by atoms with van der Waals surface area (Å²) in [6.45, 7) is 3.18. The smallest absolute Gasteiger partial charge is 0.0223 e. The van der Waals surface area contributed by atoms with E-state index in [-0.39, 0.29) is 0 Å². The Bertz CT molecular complexity index is 349. The normalized spacial score (nSPS) is 20.4. The van der Waals surface area contributed by atoms with Crippen LogP contribution in [0.5, 0.6) is 0 Å². The molecule has 0 spiro atoms. The second-order valence-electron chi connectivity index (χ2n) is 4.40. The van der Waals surface area contributed by atoms with Crippen molar-refractivity contribution in [3.05, 3.63) is 33.8 Å². The molecule has 1 N–H and O–H groups in total. The first kappa shape index (κ1) is 11.1. The van der Waals surface area contributed by atoms with E-state index < -0.39 is 0 Å². The standard InChI is InChI=1S/C12H17BrN2/c1-15(2)8-9-6-14-7-11-10(9)4-3-5-12(11)13/h3-5,9,14H,6-8H2,1-2H3. The van der Waals surface area contributed by atoms with Gasteiger partial charge in [-0.2, -0.15) is 0 Å². The molecule has 3 heteroatoms. The highest BCUT2D eigenvalue weighted by Crippen LogP contribution is 2.29. The summed E-state index contributed by atoms with van der Waals surface area (Å²) >= 11 is 3.62. The van der Waals surface area contributed by atoms with Gasteiger partial charge in [-0.05, 0) is 31.3 Å². The summed E-state index contributed by atoms with van der Waals surface area (Å²) in [5.41, 5.74) is 2.92. The van der Waals surface area contributed by atoms with Gasteiger partial charge in [0.2, 0.25) is 0 Å². The monoisotopic (exact) mass is 268 g/mol. The first-order chi connectivity index (χ1) is 7.18. The third-order valence-corrected chi connectivity index (χ3v) is 3.62. The maximum atomic E-state index is 3.62. The van der Waals surface area contributed by atoms with Crippen LogP contribution in [-0.2, 0) is 6.54 Å². The van der Waals surface area contributed by atoms with Crippen molar-refractivity contribution in [1.82, 2.24) is 10.2 Å². The van der Waals surface area contributed by atoms with Crippen LogP contribution in [0.4, 0.5) is 0 Å². The second kappa shape index (κ2) is 4.64. The molecule has 1 atom stereocenters. The zero-order chi connectivity index (χ0) is 10.8. The van der Waals surface area contributed by atoms with Crippen molar-refractivity contribution in [3.63, 3.8) is 0 Å². The number of fused-ring (bicyclic) bond motifs is 1. The molecule has 0 fully saturated rings. The molecule has 1 aromatic carbocycles. The van der Waals surface area contributed by atoms with E-state index in [2.05, 4.69) is 58.4 Å². The van der Waals surface area contributed by atoms with Crippen LogP contribution in [0.1, 0.15) is 17.0 Å². The predicted molar refractivity (Wildman–Crippen MR) is 67.1 cm³/mol. The Kier molecular flexibility index (Phi) is 3.44. The average Bonchev–Trinajstić information content (AvgIpc) is 2.19. The van der Waals surface area contributed by atoms with Crippen molar-refractivity contribution in [2.24, 2.45) is 0 Å². The van der Waals surface area contributed by atoms with Crippen LogP contribution in [0.15, 0.2) is 22.7 Å². The van der Waals surface area contributed by atoms with Crippen LogP contribution < -0.4 is 5.32 Å². The molecule has 1 aliphatic rings. The van der Waals surface area contributed by atoms with Gasteiger partial charge >= 0.3 is 0 Å². The molecule has 1 aliphatic heterocycles. The second-order valence-corrected chi connectivity index (χ2v) is 5.25. The molecule has 1 aromatic rings. The highest BCUT2D eigenvalue weighted by atomic mass is 79.9. The lowest BCUT2D eigenvalue weighted by Crippen LogP contribution is -2.34. The zero-order valence-electron chi connectivity index (χ0n) is 9.26. The molecule has 0 amide bonds. The Labute approximate surface area is 99.8 Å². The van der Waals surface area contributed by atoms with E-state index in [0.717, 1.165) is 19.6 Å². The van der Waals surface area contributed by atoms with Gasteiger partial charge in [-0.3, -0.25) is 0 Å². The number of hydrogen-bond acceptors (Lipinski definition) is 2. The largest absolute Gasteiger partial charge is 0.312 e.